The fourth-order valence-electron chi connectivity index (χ4n) is 3.59. The van der Waals surface area contributed by atoms with Crippen LogP contribution in [0.25, 0.3) is 0 Å². The Morgan fingerprint density at radius 1 is 1.22 bits per heavy atom. The minimum Gasteiger partial charge on any atom is -0.342 e. The van der Waals surface area contributed by atoms with Crippen molar-refractivity contribution in [2.75, 3.05) is 11.1 Å². The Kier molecular flexibility index (Phi) is 9.66. The summed E-state index contributed by atoms with van der Waals surface area (Å²) in [7, 11) is 0. The van der Waals surface area contributed by atoms with Gasteiger partial charge in [-0.25, -0.2) is 4.39 Å². The van der Waals surface area contributed by atoms with Gasteiger partial charge in [0.05, 0.1) is 22.4 Å². The average molecular weight is 530 g/mol. The SMILES string of the molecule is C=CCn1c(SCC(=O)Nc2cc(F)ccc2C)nnc1[C@H](CC(C)C)NC(=O)c1ccccc1Cl. The summed E-state index contributed by atoms with van der Waals surface area (Å²) in [4.78, 5) is 25.5. The molecule has 0 radical (unpaired) electrons. The number of carbonyl (C=O) groups is 2. The van der Waals surface area contributed by atoms with E-state index in [4.69, 9.17) is 11.6 Å². The number of nitrogens with one attached hydrogen (secondary N) is 2. The number of thioether (sulfide) groups is 1. The van der Waals surface area contributed by atoms with Gasteiger partial charge in [0.1, 0.15) is 5.82 Å². The van der Waals surface area contributed by atoms with Crippen LogP contribution in [0.1, 0.15) is 48.1 Å². The Hall–Kier alpha value is -3.17. The van der Waals surface area contributed by atoms with E-state index in [-0.39, 0.29) is 23.5 Å². The van der Waals surface area contributed by atoms with E-state index in [1.165, 1.54) is 23.9 Å². The molecule has 3 rings (SSSR count). The van der Waals surface area contributed by atoms with Gasteiger partial charge in [0.15, 0.2) is 11.0 Å². The molecule has 0 spiro atoms. The van der Waals surface area contributed by atoms with Gasteiger partial charge in [0.25, 0.3) is 5.91 Å². The maximum Gasteiger partial charge on any atom is 0.253 e. The van der Waals surface area contributed by atoms with Crippen molar-refractivity contribution in [3.63, 3.8) is 0 Å². The Morgan fingerprint density at radius 3 is 2.67 bits per heavy atom. The van der Waals surface area contributed by atoms with Crippen molar-refractivity contribution in [1.82, 2.24) is 20.1 Å². The van der Waals surface area contributed by atoms with Crippen LogP contribution in [0, 0.1) is 18.7 Å². The van der Waals surface area contributed by atoms with Crippen molar-refractivity contribution in [1.29, 1.82) is 0 Å². The summed E-state index contributed by atoms with van der Waals surface area (Å²) >= 11 is 7.42. The molecule has 0 aliphatic rings. The lowest BCUT2D eigenvalue weighted by Crippen LogP contribution is -2.32. The molecule has 2 aromatic carbocycles. The zero-order valence-corrected chi connectivity index (χ0v) is 22.0. The number of hydrogen-bond acceptors (Lipinski definition) is 5. The zero-order chi connectivity index (χ0) is 26.2. The predicted molar refractivity (Wildman–Crippen MR) is 142 cm³/mol. The molecule has 0 saturated heterocycles. The van der Waals surface area contributed by atoms with Crippen LogP contribution < -0.4 is 10.6 Å². The van der Waals surface area contributed by atoms with E-state index >= 15 is 0 Å². The predicted octanol–water partition coefficient (Wildman–Crippen LogP) is 5.81. The number of carbonyl (C=O) groups excluding carboxylic acids is 2. The van der Waals surface area contributed by atoms with Crippen LogP contribution in [0.3, 0.4) is 0 Å². The first-order chi connectivity index (χ1) is 17.2. The molecule has 7 nitrogen and oxygen atoms in total. The van der Waals surface area contributed by atoms with Gasteiger partial charge in [-0.2, -0.15) is 0 Å². The third kappa shape index (κ3) is 7.18. The quantitative estimate of drug-likeness (QED) is 0.241. The highest BCUT2D eigenvalue weighted by Crippen LogP contribution is 2.26. The number of rotatable bonds is 11. The highest BCUT2D eigenvalue weighted by atomic mass is 35.5. The maximum atomic E-state index is 13.6. The van der Waals surface area contributed by atoms with Gasteiger partial charge in [-0.1, -0.05) is 61.5 Å². The van der Waals surface area contributed by atoms with Crippen molar-refractivity contribution in [3.8, 4) is 0 Å². The van der Waals surface area contributed by atoms with E-state index in [9.17, 15) is 14.0 Å². The highest BCUT2D eigenvalue weighted by Gasteiger charge is 2.25. The lowest BCUT2D eigenvalue weighted by Gasteiger charge is -2.21. The first kappa shape index (κ1) is 27.4. The van der Waals surface area contributed by atoms with Gasteiger partial charge in [-0.3, -0.25) is 9.59 Å². The third-order valence-electron chi connectivity index (χ3n) is 5.31. The molecule has 3 aromatic rings. The molecule has 0 aliphatic heterocycles. The fraction of sp³-hybridized carbons (Fsp3) is 0.308. The van der Waals surface area contributed by atoms with Gasteiger partial charge in [-0.05, 0) is 49.1 Å². The number of aromatic nitrogens is 3. The van der Waals surface area contributed by atoms with Crippen LogP contribution in [-0.4, -0.2) is 32.3 Å². The van der Waals surface area contributed by atoms with Gasteiger partial charge in [-0.15, -0.1) is 16.8 Å². The molecule has 0 bridgehead atoms. The molecule has 36 heavy (non-hydrogen) atoms. The first-order valence-electron chi connectivity index (χ1n) is 11.5. The van der Waals surface area contributed by atoms with Crippen molar-refractivity contribution in [2.24, 2.45) is 5.92 Å². The number of hydrogen-bond donors (Lipinski definition) is 2. The molecule has 2 N–H and O–H groups in total. The lowest BCUT2D eigenvalue weighted by molar-refractivity contribution is -0.113. The molecule has 1 heterocycles. The summed E-state index contributed by atoms with van der Waals surface area (Å²) in [6.07, 6.45) is 2.32. The molecule has 1 aromatic heterocycles. The number of amides is 2. The number of anilines is 1. The Balaban J connectivity index is 1.79. The summed E-state index contributed by atoms with van der Waals surface area (Å²) in [5.41, 5.74) is 1.56. The number of nitrogens with zero attached hydrogens (tertiary/aromatic N) is 3. The molecule has 10 heteroatoms. The topological polar surface area (TPSA) is 88.9 Å². The number of halogens is 2. The average Bonchev–Trinajstić information content (AvgIpc) is 3.22. The minimum atomic E-state index is -0.431. The Bertz CT molecular complexity index is 1250. The number of allylic oxidation sites excluding steroid dienone is 1. The smallest absolute Gasteiger partial charge is 0.253 e. The number of benzene rings is 2. The second-order valence-electron chi connectivity index (χ2n) is 8.67. The number of aryl methyl sites for hydroxylation is 1. The van der Waals surface area contributed by atoms with E-state index in [1.54, 1.807) is 43.3 Å². The van der Waals surface area contributed by atoms with Crippen LogP contribution in [0.5, 0.6) is 0 Å². The van der Waals surface area contributed by atoms with E-state index in [0.29, 0.717) is 40.2 Å². The van der Waals surface area contributed by atoms with Crippen LogP contribution in [-0.2, 0) is 11.3 Å². The maximum absolute atomic E-state index is 13.6. The van der Waals surface area contributed by atoms with Gasteiger partial charge < -0.3 is 15.2 Å². The largest absolute Gasteiger partial charge is 0.342 e. The second kappa shape index (κ2) is 12.7. The van der Waals surface area contributed by atoms with E-state index in [2.05, 4.69) is 41.3 Å². The fourth-order valence-corrected chi connectivity index (χ4v) is 4.57. The molecular weight excluding hydrogens is 501 g/mol. The van der Waals surface area contributed by atoms with Crippen LogP contribution in [0.4, 0.5) is 10.1 Å². The molecule has 0 unspecified atom stereocenters. The summed E-state index contributed by atoms with van der Waals surface area (Å²) in [5, 5.41) is 15.3. The van der Waals surface area contributed by atoms with E-state index in [0.717, 1.165) is 5.56 Å². The highest BCUT2D eigenvalue weighted by molar-refractivity contribution is 7.99. The third-order valence-corrected chi connectivity index (χ3v) is 6.60. The summed E-state index contributed by atoms with van der Waals surface area (Å²) < 4.78 is 15.4. The van der Waals surface area contributed by atoms with E-state index < -0.39 is 11.9 Å². The molecule has 0 saturated carbocycles. The zero-order valence-electron chi connectivity index (χ0n) is 20.4. The van der Waals surface area contributed by atoms with Crippen molar-refractivity contribution < 1.29 is 14.0 Å². The van der Waals surface area contributed by atoms with Crippen molar-refractivity contribution in [3.05, 3.63) is 82.9 Å². The normalized spacial score (nSPS) is 11.8. The standard InChI is InChI=1S/C26H29ClFN5O2S/c1-5-12-33-24(22(13-16(2)3)30-25(35)19-8-6-7-9-20(19)27)31-32-26(33)36-15-23(34)29-21-14-18(28)11-10-17(21)4/h5-11,14,16,22H,1,12-13,15H2,2-4H3,(H,29,34)(H,30,35)/t22-/m0/s1. The van der Waals surface area contributed by atoms with Gasteiger partial charge in [0.2, 0.25) is 5.91 Å². The van der Waals surface area contributed by atoms with Gasteiger partial charge in [0, 0.05) is 12.2 Å². The molecule has 190 valence electrons. The van der Waals surface area contributed by atoms with Crippen LogP contribution in [0.15, 0.2) is 60.3 Å². The molecular formula is C26H29ClFN5O2S. The molecule has 0 fully saturated rings. The van der Waals surface area contributed by atoms with Crippen LogP contribution in [0.2, 0.25) is 5.02 Å². The Labute approximate surface area is 219 Å². The second-order valence-corrected chi connectivity index (χ2v) is 10.0. The summed E-state index contributed by atoms with van der Waals surface area (Å²) in [5.74, 6) is -0.159. The van der Waals surface area contributed by atoms with Crippen molar-refractivity contribution >= 4 is 40.9 Å². The summed E-state index contributed by atoms with van der Waals surface area (Å²) in [6, 6.07) is 10.7. The van der Waals surface area contributed by atoms with Crippen LogP contribution >= 0.6 is 23.4 Å². The summed E-state index contributed by atoms with van der Waals surface area (Å²) in [6.45, 7) is 10.1. The lowest BCUT2D eigenvalue weighted by atomic mass is 10.0. The van der Waals surface area contributed by atoms with Crippen molar-refractivity contribution in [2.45, 2.75) is 44.9 Å². The first-order valence-corrected chi connectivity index (χ1v) is 12.8. The minimum absolute atomic E-state index is 0.0477. The van der Waals surface area contributed by atoms with E-state index in [1.807, 2.05) is 4.57 Å². The van der Waals surface area contributed by atoms with Gasteiger partial charge >= 0.3 is 0 Å². The molecule has 0 aliphatic carbocycles. The molecule has 2 amide bonds. The Morgan fingerprint density at radius 2 is 1.97 bits per heavy atom. The molecule has 1 atom stereocenters. The monoisotopic (exact) mass is 529 g/mol.